The average Bonchev–Trinajstić information content (AvgIpc) is 3.40. The molecule has 4 aromatic rings. The van der Waals surface area contributed by atoms with Crippen LogP contribution in [0.2, 0.25) is 10.0 Å². The molecule has 1 amide bonds. The third-order valence-corrected chi connectivity index (χ3v) is 9.19. The first-order chi connectivity index (χ1) is 18.8. The minimum Gasteiger partial charge on any atom is -0.331 e. The highest BCUT2D eigenvalue weighted by Crippen LogP contribution is 2.37. The van der Waals surface area contributed by atoms with Crippen LogP contribution < -0.4 is 0 Å². The lowest BCUT2D eigenvalue weighted by atomic mass is 9.86. The zero-order valence-corrected chi connectivity index (χ0v) is 24.4. The number of nitrogens with zero attached hydrogens (tertiary/aromatic N) is 4. The molecule has 2 heterocycles. The Morgan fingerprint density at radius 2 is 1.80 bits per heavy atom. The van der Waals surface area contributed by atoms with Crippen molar-refractivity contribution in [1.29, 1.82) is 0 Å². The first-order valence-electron chi connectivity index (χ1n) is 12.6. The summed E-state index contributed by atoms with van der Waals surface area (Å²) >= 11 is 12.3. The number of carbonyl (C=O) groups excluding carboxylic acids is 1. The zero-order chi connectivity index (χ0) is 28.8. The van der Waals surface area contributed by atoms with Gasteiger partial charge in [0.1, 0.15) is 11.5 Å². The van der Waals surface area contributed by atoms with E-state index < -0.39 is 21.2 Å². The highest BCUT2D eigenvalue weighted by atomic mass is 35.5. The first-order valence-corrected chi connectivity index (χ1v) is 15.3. The molecule has 0 bridgehead atoms. The number of amides is 1. The maximum absolute atomic E-state index is 14.4. The van der Waals surface area contributed by atoms with Crippen LogP contribution in [0.5, 0.6) is 0 Å². The molecule has 1 unspecified atom stereocenters. The van der Waals surface area contributed by atoms with Crippen LogP contribution in [0.3, 0.4) is 0 Å². The van der Waals surface area contributed by atoms with Crippen molar-refractivity contribution in [3.8, 4) is 22.4 Å². The van der Waals surface area contributed by atoms with Gasteiger partial charge in [0.2, 0.25) is 0 Å². The Morgan fingerprint density at radius 3 is 2.52 bits per heavy atom. The monoisotopic (exact) mass is 600 g/mol. The average molecular weight is 602 g/mol. The van der Waals surface area contributed by atoms with Crippen molar-refractivity contribution in [3.63, 3.8) is 0 Å². The molecule has 3 aromatic carbocycles. The van der Waals surface area contributed by atoms with Gasteiger partial charge in [-0.2, -0.15) is 0 Å². The summed E-state index contributed by atoms with van der Waals surface area (Å²) in [6.07, 6.45) is 4.38. The molecule has 0 N–H and O–H groups in total. The van der Waals surface area contributed by atoms with Crippen molar-refractivity contribution in [1.82, 2.24) is 19.9 Å². The van der Waals surface area contributed by atoms with Gasteiger partial charge in [0, 0.05) is 29.5 Å². The summed E-state index contributed by atoms with van der Waals surface area (Å²) in [4.78, 5) is 16.0. The van der Waals surface area contributed by atoms with E-state index in [0.717, 1.165) is 12.7 Å². The van der Waals surface area contributed by atoms with E-state index in [2.05, 4.69) is 10.3 Å². The third kappa shape index (κ3) is 5.64. The Labute approximate surface area is 242 Å². The van der Waals surface area contributed by atoms with Gasteiger partial charge in [-0.3, -0.25) is 4.79 Å². The Balaban J connectivity index is 1.46. The van der Waals surface area contributed by atoms with Gasteiger partial charge in [-0.25, -0.2) is 17.5 Å². The summed E-state index contributed by atoms with van der Waals surface area (Å²) in [6.45, 7) is 4.37. The van der Waals surface area contributed by atoms with Crippen LogP contribution in [0.1, 0.15) is 43.1 Å². The quantitative estimate of drug-likeness (QED) is 0.254. The summed E-state index contributed by atoms with van der Waals surface area (Å²) < 4.78 is 40.1. The molecule has 0 radical (unpaired) electrons. The zero-order valence-electron chi connectivity index (χ0n) is 22.1. The van der Waals surface area contributed by atoms with Gasteiger partial charge >= 0.3 is 0 Å². The van der Waals surface area contributed by atoms with Gasteiger partial charge in [0.05, 0.1) is 27.2 Å². The summed E-state index contributed by atoms with van der Waals surface area (Å²) in [5, 5.41) is 9.27. The highest BCUT2D eigenvalue weighted by molar-refractivity contribution is 7.90. The molecule has 1 fully saturated rings. The minimum atomic E-state index is -3.37. The number of carbonyl (C=O) groups is 1. The Hall–Kier alpha value is -3.27. The number of hydrogen-bond donors (Lipinski definition) is 0. The van der Waals surface area contributed by atoms with Crippen molar-refractivity contribution in [2.45, 2.75) is 43.2 Å². The predicted octanol–water partition coefficient (Wildman–Crippen LogP) is 6.72. The smallest absolute Gasteiger partial charge is 0.255 e. The van der Waals surface area contributed by atoms with Crippen molar-refractivity contribution in [2.75, 3.05) is 12.8 Å². The highest BCUT2D eigenvalue weighted by Gasteiger charge is 2.39. The van der Waals surface area contributed by atoms with E-state index >= 15 is 0 Å². The van der Waals surface area contributed by atoms with Crippen LogP contribution in [0.25, 0.3) is 22.4 Å². The Morgan fingerprint density at radius 1 is 1.02 bits per heavy atom. The van der Waals surface area contributed by atoms with Crippen LogP contribution >= 0.6 is 23.2 Å². The van der Waals surface area contributed by atoms with Crippen LogP contribution in [0.4, 0.5) is 4.39 Å². The SMILES string of the molecule is CC1(C)CCC(n2cc(-c3cccc(S(C)(=O)=O)c3)nn2)CN1C(=O)c1ccc(F)cc1-c1ccc(Cl)c(Cl)c1. The fourth-order valence-electron chi connectivity index (χ4n) is 5.00. The number of benzene rings is 3. The minimum absolute atomic E-state index is 0.162. The van der Waals surface area contributed by atoms with Crippen molar-refractivity contribution in [3.05, 3.63) is 88.3 Å². The van der Waals surface area contributed by atoms with E-state index in [4.69, 9.17) is 23.2 Å². The van der Waals surface area contributed by atoms with E-state index in [1.807, 2.05) is 13.8 Å². The molecule has 1 aromatic heterocycles. The van der Waals surface area contributed by atoms with Gasteiger partial charge in [-0.05, 0) is 80.3 Å². The fourth-order valence-corrected chi connectivity index (χ4v) is 5.97. The number of halogens is 3. The predicted molar refractivity (Wildman–Crippen MR) is 154 cm³/mol. The topological polar surface area (TPSA) is 85.2 Å². The second kappa shape index (κ2) is 10.6. The molecular formula is C29H27Cl2FN4O3S. The maximum atomic E-state index is 14.4. The molecule has 1 atom stereocenters. The van der Waals surface area contributed by atoms with Crippen LogP contribution in [-0.4, -0.2) is 52.6 Å². The maximum Gasteiger partial charge on any atom is 0.255 e. The molecule has 208 valence electrons. The van der Waals surface area contributed by atoms with E-state index in [1.54, 1.807) is 52.2 Å². The lowest BCUT2D eigenvalue weighted by Gasteiger charge is -2.45. The van der Waals surface area contributed by atoms with Crippen molar-refractivity contribution in [2.24, 2.45) is 0 Å². The lowest BCUT2D eigenvalue weighted by Crippen LogP contribution is -2.53. The molecule has 1 aliphatic heterocycles. The summed E-state index contributed by atoms with van der Waals surface area (Å²) in [5.74, 6) is -0.708. The number of hydrogen-bond acceptors (Lipinski definition) is 5. The number of piperidine rings is 1. The molecule has 0 spiro atoms. The van der Waals surface area contributed by atoms with E-state index in [9.17, 15) is 17.6 Å². The molecule has 1 saturated heterocycles. The summed E-state index contributed by atoms with van der Waals surface area (Å²) in [7, 11) is -3.37. The van der Waals surface area contributed by atoms with E-state index in [0.29, 0.717) is 51.0 Å². The number of likely N-dealkylation sites (tertiary alicyclic amines) is 1. The van der Waals surface area contributed by atoms with Gasteiger partial charge < -0.3 is 4.90 Å². The molecule has 40 heavy (non-hydrogen) atoms. The van der Waals surface area contributed by atoms with Gasteiger partial charge in [-0.1, -0.05) is 46.6 Å². The lowest BCUT2D eigenvalue weighted by molar-refractivity contribution is 0.0309. The van der Waals surface area contributed by atoms with Gasteiger partial charge in [0.15, 0.2) is 9.84 Å². The Bertz CT molecular complexity index is 1720. The Kier molecular flexibility index (Phi) is 7.50. The molecular weight excluding hydrogens is 574 g/mol. The normalized spacial score (nSPS) is 17.1. The fraction of sp³-hybridized carbons (Fsp3) is 0.276. The third-order valence-electron chi connectivity index (χ3n) is 7.34. The van der Waals surface area contributed by atoms with Crippen molar-refractivity contribution >= 4 is 38.9 Å². The second-order valence-corrected chi connectivity index (χ2v) is 13.5. The molecule has 0 saturated carbocycles. The molecule has 1 aliphatic rings. The number of aromatic nitrogens is 3. The number of rotatable bonds is 5. The number of sulfone groups is 1. The van der Waals surface area contributed by atoms with E-state index in [-0.39, 0.29) is 16.8 Å². The van der Waals surface area contributed by atoms with Crippen molar-refractivity contribution < 1.29 is 17.6 Å². The summed E-state index contributed by atoms with van der Waals surface area (Å²) in [5.41, 5.74) is 2.07. The molecule has 11 heteroatoms. The largest absolute Gasteiger partial charge is 0.331 e. The van der Waals surface area contributed by atoms with Gasteiger partial charge in [-0.15, -0.1) is 5.10 Å². The van der Waals surface area contributed by atoms with Crippen LogP contribution in [0, 0.1) is 5.82 Å². The standard InChI is InChI=1S/C29H27Cl2FN4O3S/c1-29(2)12-11-21(36-17-27(33-34-36)19-5-4-6-22(13-19)40(3,38)39)16-35(29)28(37)23-9-8-20(32)15-24(23)18-7-10-25(30)26(31)14-18/h4-10,13-15,17,21H,11-12,16H2,1-3H3. The van der Waals surface area contributed by atoms with Crippen LogP contribution in [-0.2, 0) is 9.84 Å². The first kappa shape index (κ1) is 28.3. The molecule has 7 nitrogen and oxygen atoms in total. The van der Waals surface area contributed by atoms with Crippen LogP contribution in [0.15, 0.2) is 71.8 Å². The summed E-state index contributed by atoms with van der Waals surface area (Å²) in [6, 6.07) is 15.4. The molecule has 0 aliphatic carbocycles. The second-order valence-electron chi connectivity index (χ2n) is 10.6. The van der Waals surface area contributed by atoms with E-state index in [1.165, 1.54) is 24.3 Å². The van der Waals surface area contributed by atoms with Gasteiger partial charge in [0.25, 0.3) is 5.91 Å². The molecule has 5 rings (SSSR count).